The Labute approximate surface area is 151 Å². The van der Waals surface area contributed by atoms with Crippen LogP contribution in [0.1, 0.15) is 5.56 Å². The number of amides is 1. The molecule has 7 heteroatoms. The first kappa shape index (κ1) is 19.0. The van der Waals surface area contributed by atoms with Crippen molar-refractivity contribution in [1.29, 1.82) is 0 Å². The highest BCUT2D eigenvalue weighted by Gasteiger charge is 2.14. The van der Waals surface area contributed by atoms with Gasteiger partial charge in [0.2, 0.25) is 0 Å². The van der Waals surface area contributed by atoms with Gasteiger partial charge in [0.15, 0.2) is 18.1 Å². The fourth-order valence-electron chi connectivity index (χ4n) is 2.48. The molecular formula is C18H21ClFN2O3+. The fourth-order valence-corrected chi connectivity index (χ4v) is 2.65. The van der Waals surface area contributed by atoms with Crippen LogP contribution in [0.15, 0.2) is 36.4 Å². The lowest BCUT2D eigenvalue weighted by molar-refractivity contribution is -0.885. The molecule has 25 heavy (non-hydrogen) atoms. The summed E-state index contributed by atoms with van der Waals surface area (Å²) in [6.07, 6.45) is 0. The third-order valence-corrected chi connectivity index (χ3v) is 3.86. The zero-order valence-electron chi connectivity index (χ0n) is 14.4. The minimum absolute atomic E-state index is 0.188. The van der Waals surface area contributed by atoms with E-state index in [1.54, 1.807) is 30.3 Å². The van der Waals surface area contributed by atoms with Crippen LogP contribution in [0.4, 0.5) is 10.1 Å². The van der Waals surface area contributed by atoms with E-state index >= 15 is 0 Å². The normalized spacial score (nSPS) is 11.7. The molecule has 0 spiro atoms. The fraction of sp³-hybridized carbons (Fsp3) is 0.278. The first-order chi connectivity index (χ1) is 11.9. The van der Waals surface area contributed by atoms with Crippen molar-refractivity contribution in [3.05, 3.63) is 52.8 Å². The Morgan fingerprint density at radius 1 is 1.16 bits per heavy atom. The van der Waals surface area contributed by atoms with E-state index in [1.165, 1.54) is 20.3 Å². The Morgan fingerprint density at radius 2 is 1.84 bits per heavy atom. The van der Waals surface area contributed by atoms with Crippen LogP contribution in [-0.4, -0.2) is 33.7 Å². The maximum atomic E-state index is 13.7. The highest BCUT2D eigenvalue weighted by atomic mass is 35.5. The van der Waals surface area contributed by atoms with Gasteiger partial charge in [-0.1, -0.05) is 11.6 Å². The number of anilines is 1. The molecule has 134 valence electrons. The zero-order chi connectivity index (χ0) is 18.4. The molecule has 0 aliphatic rings. The molecule has 0 saturated heterocycles. The number of carbonyl (C=O) groups excluding carboxylic acids is 1. The van der Waals surface area contributed by atoms with Gasteiger partial charge in [-0.15, -0.1) is 0 Å². The van der Waals surface area contributed by atoms with Gasteiger partial charge in [0, 0.05) is 10.6 Å². The van der Waals surface area contributed by atoms with E-state index in [0.29, 0.717) is 23.0 Å². The quantitative estimate of drug-likeness (QED) is 0.788. The van der Waals surface area contributed by atoms with Crippen molar-refractivity contribution in [3.8, 4) is 11.5 Å². The average molecular weight is 368 g/mol. The molecule has 1 amide bonds. The largest absolute Gasteiger partial charge is 0.495 e. The summed E-state index contributed by atoms with van der Waals surface area (Å²) in [5.74, 6) is 0.132. The van der Waals surface area contributed by atoms with Crippen molar-refractivity contribution >= 4 is 23.2 Å². The van der Waals surface area contributed by atoms with Crippen molar-refractivity contribution in [1.82, 2.24) is 0 Å². The Balaban J connectivity index is 1.96. The number of ether oxygens (including phenoxy) is 2. The first-order valence-corrected chi connectivity index (χ1v) is 8.08. The number of benzene rings is 2. The molecule has 0 bridgehead atoms. The van der Waals surface area contributed by atoms with Gasteiger partial charge in [-0.05, 0) is 36.4 Å². The smallest absolute Gasteiger partial charge is 0.279 e. The number of rotatable bonds is 7. The van der Waals surface area contributed by atoms with E-state index < -0.39 is 5.82 Å². The molecule has 2 N–H and O–H groups in total. The second-order valence-corrected chi connectivity index (χ2v) is 6.11. The molecular weight excluding hydrogens is 347 g/mol. The van der Waals surface area contributed by atoms with Crippen LogP contribution in [0.5, 0.6) is 11.5 Å². The maximum Gasteiger partial charge on any atom is 0.279 e. The predicted molar refractivity (Wildman–Crippen MR) is 95.0 cm³/mol. The summed E-state index contributed by atoms with van der Waals surface area (Å²) < 4.78 is 23.8. The van der Waals surface area contributed by atoms with Gasteiger partial charge in [0.25, 0.3) is 5.91 Å². The van der Waals surface area contributed by atoms with Crippen LogP contribution in [0, 0.1) is 5.82 Å². The SMILES string of the molecule is COc1ccc(C[NH+](C)CC(=O)Nc2cc(Cl)ccc2OC)cc1F. The molecule has 0 saturated carbocycles. The van der Waals surface area contributed by atoms with E-state index in [2.05, 4.69) is 5.32 Å². The average Bonchev–Trinajstić information content (AvgIpc) is 2.55. The van der Waals surface area contributed by atoms with Gasteiger partial charge in [-0.3, -0.25) is 4.79 Å². The van der Waals surface area contributed by atoms with E-state index in [1.807, 2.05) is 7.05 Å². The first-order valence-electron chi connectivity index (χ1n) is 7.70. The number of methoxy groups -OCH3 is 2. The number of nitrogens with one attached hydrogen (secondary N) is 2. The second kappa shape index (κ2) is 8.69. The van der Waals surface area contributed by atoms with Crippen LogP contribution in [0.2, 0.25) is 5.02 Å². The zero-order valence-corrected chi connectivity index (χ0v) is 15.1. The summed E-state index contributed by atoms with van der Waals surface area (Å²) >= 11 is 5.95. The van der Waals surface area contributed by atoms with Gasteiger partial charge in [-0.2, -0.15) is 0 Å². The van der Waals surface area contributed by atoms with Crippen molar-refractivity contribution in [2.75, 3.05) is 33.1 Å². The van der Waals surface area contributed by atoms with E-state index in [4.69, 9.17) is 21.1 Å². The molecule has 0 fully saturated rings. The molecule has 0 aliphatic carbocycles. The number of hydrogen-bond donors (Lipinski definition) is 2. The van der Waals surface area contributed by atoms with Crippen LogP contribution in [0.25, 0.3) is 0 Å². The molecule has 0 radical (unpaired) electrons. The number of hydrogen-bond acceptors (Lipinski definition) is 3. The number of halogens is 2. The molecule has 1 atom stereocenters. The molecule has 0 aromatic heterocycles. The number of quaternary nitrogens is 1. The Kier molecular flexibility index (Phi) is 6.61. The maximum absolute atomic E-state index is 13.7. The third kappa shape index (κ3) is 5.34. The minimum atomic E-state index is -0.416. The minimum Gasteiger partial charge on any atom is -0.495 e. The summed E-state index contributed by atoms with van der Waals surface area (Å²) in [6.45, 7) is 0.713. The molecule has 2 aromatic carbocycles. The molecule has 2 rings (SSSR count). The Morgan fingerprint density at radius 3 is 2.48 bits per heavy atom. The highest BCUT2D eigenvalue weighted by molar-refractivity contribution is 6.31. The summed E-state index contributed by atoms with van der Waals surface area (Å²) in [5.41, 5.74) is 1.30. The molecule has 1 unspecified atom stereocenters. The van der Waals surface area contributed by atoms with Gasteiger partial charge in [0.1, 0.15) is 12.3 Å². The second-order valence-electron chi connectivity index (χ2n) is 5.67. The van der Waals surface area contributed by atoms with Crippen molar-refractivity contribution in [3.63, 3.8) is 0 Å². The van der Waals surface area contributed by atoms with Crippen molar-refractivity contribution in [2.45, 2.75) is 6.54 Å². The van der Waals surface area contributed by atoms with E-state index in [-0.39, 0.29) is 18.2 Å². The lowest BCUT2D eigenvalue weighted by Crippen LogP contribution is -3.08. The van der Waals surface area contributed by atoms with Crippen LogP contribution in [0.3, 0.4) is 0 Å². The molecule has 0 aliphatic heterocycles. The van der Waals surface area contributed by atoms with Crippen molar-refractivity contribution < 1.29 is 23.6 Å². The highest BCUT2D eigenvalue weighted by Crippen LogP contribution is 2.27. The standard InChI is InChI=1S/C18H20ClFN2O3/c1-22(10-12-4-6-16(24-2)14(20)8-12)11-18(23)21-15-9-13(19)5-7-17(15)25-3/h4-9H,10-11H2,1-3H3,(H,21,23)/p+1. The lowest BCUT2D eigenvalue weighted by Gasteiger charge is -2.15. The molecule has 5 nitrogen and oxygen atoms in total. The lowest BCUT2D eigenvalue weighted by atomic mass is 10.2. The molecule has 0 heterocycles. The van der Waals surface area contributed by atoms with E-state index in [9.17, 15) is 9.18 Å². The summed E-state index contributed by atoms with van der Waals surface area (Å²) in [4.78, 5) is 13.1. The topological polar surface area (TPSA) is 52.0 Å². The van der Waals surface area contributed by atoms with Gasteiger partial charge in [-0.25, -0.2) is 4.39 Å². The van der Waals surface area contributed by atoms with E-state index in [0.717, 1.165) is 10.5 Å². The Bertz CT molecular complexity index is 755. The van der Waals surface area contributed by atoms with Gasteiger partial charge in [0.05, 0.1) is 27.0 Å². The predicted octanol–water partition coefficient (Wildman–Crippen LogP) is 2.15. The van der Waals surface area contributed by atoms with Gasteiger partial charge >= 0.3 is 0 Å². The summed E-state index contributed by atoms with van der Waals surface area (Å²) in [6, 6.07) is 9.78. The van der Waals surface area contributed by atoms with Crippen LogP contribution >= 0.6 is 11.6 Å². The summed E-state index contributed by atoms with van der Waals surface area (Å²) in [5, 5.41) is 3.29. The summed E-state index contributed by atoms with van der Waals surface area (Å²) in [7, 11) is 4.80. The van der Waals surface area contributed by atoms with Gasteiger partial charge < -0.3 is 19.7 Å². The number of likely N-dealkylation sites (N-methyl/N-ethyl adjacent to an activating group) is 1. The van der Waals surface area contributed by atoms with Crippen LogP contribution in [-0.2, 0) is 11.3 Å². The van der Waals surface area contributed by atoms with Crippen molar-refractivity contribution in [2.24, 2.45) is 0 Å². The number of carbonyl (C=O) groups is 1. The Hall–Kier alpha value is -2.31. The third-order valence-electron chi connectivity index (χ3n) is 3.62. The van der Waals surface area contributed by atoms with Crippen LogP contribution < -0.4 is 19.7 Å². The monoisotopic (exact) mass is 367 g/mol. The molecule has 2 aromatic rings.